The van der Waals surface area contributed by atoms with Crippen LogP contribution in [0.1, 0.15) is 17.2 Å². The quantitative estimate of drug-likeness (QED) is 0.758. The van der Waals surface area contributed by atoms with Crippen molar-refractivity contribution in [3.8, 4) is 5.75 Å². The molecule has 1 aromatic rings. The molecule has 0 spiro atoms. The largest absolute Gasteiger partial charge is 0.497 e. The van der Waals surface area contributed by atoms with Crippen LogP contribution in [0.25, 0.3) is 0 Å². The number of benzene rings is 1. The molecule has 0 amide bonds. The average molecular weight is 221 g/mol. The fourth-order valence-corrected chi connectivity index (χ4v) is 2.16. The number of hydrogen-bond acceptors (Lipinski definition) is 4. The van der Waals surface area contributed by atoms with Gasteiger partial charge in [-0.15, -0.1) is 0 Å². The molecule has 0 heterocycles. The smallest absolute Gasteiger partial charge is 0.310 e. The minimum Gasteiger partial charge on any atom is -0.497 e. The van der Waals surface area contributed by atoms with Crippen molar-refractivity contribution in [2.45, 2.75) is 12.5 Å². The maximum absolute atomic E-state index is 11.5. The maximum atomic E-state index is 11.5. The number of hydrogen-bond donors (Lipinski definition) is 1. The Morgan fingerprint density at radius 1 is 1.44 bits per heavy atom. The number of rotatable bonds is 2. The number of ether oxygens (including phenoxy) is 2. The summed E-state index contributed by atoms with van der Waals surface area (Å²) >= 11 is 0. The van der Waals surface area contributed by atoms with E-state index in [1.165, 1.54) is 7.11 Å². The molecule has 2 rings (SSSR count). The molecule has 0 aliphatic heterocycles. The van der Waals surface area contributed by atoms with Crippen molar-refractivity contribution in [1.29, 1.82) is 0 Å². The van der Waals surface area contributed by atoms with Crippen LogP contribution in [0.15, 0.2) is 18.2 Å². The topological polar surface area (TPSA) is 61.5 Å². The van der Waals surface area contributed by atoms with Crippen LogP contribution >= 0.6 is 0 Å². The zero-order valence-corrected chi connectivity index (χ0v) is 9.40. The molecule has 0 bridgehead atoms. The highest BCUT2D eigenvalue weighted by molar-refractivity contribution is 5.75. The molecule has 1 aromatic carbocycles. The van der Waals surface area contributed by atoms with Gasteiger partial charge in [0, 0.05) is 6.04 Å². The number of carbonyl (C=O) groups is 1. The Morgan fingerprint density at radius 3 is 2.81 bits per heavy atom. The third kappa shape index (κ3) is 1.65. The first-order valence-corrected chi connectivity index (χ1v) is 5.17. The van der Waals surface area contributed by atoms with Crippen LogP contribution in [0.3, 0.4) is 0 Å². The Hall–Kier alpha value is -1.55. The summed E-state index contributed by atoms with van der Waals surface area (Å²) in [7, 11) is 3.00. The summed E-state index contributed by atoms with van der Waals surface area (Å²) in [5.74, 6) is 0.245. The molecular weight excluding hydrogens is 206 g/mol. The number of esters is 1. The minimum atomic E-state index is -0.294. The van der Waals surface area contributed by atoms with Crippen LogP contribution in [0.5, 0.6) is 5.75 Å². The number of nitrogens with two attached hydrogens (primary N) is 1. The third-order valence-electron chi connectivity index (χ3n) is 3.09. The van der Waals surface area contributed by atoms with Crippen LogP contribution in [-0.4, -0.2) is 20.2 Å². The summed E-state index contributed by atoms with van der Waals surface area (Å²) in [5, 5.41) is 0. The Labute approximate surface area is 94.3 Å². The van der Waals surface area contributed by atoms with E-state index in [0.29, 0.717) is 6.42 Å². The lowest BCUT2D eigenvalue weighted by Gasteiger charge is -2.13. The van der Waals surface area contributed by atoms with Gasteiger partial charge in [0.1, 0.15) is 5.75 Å². The van der Waals surface area contributed by atoms with E-state index in [1.54, 1.807) is 7.11 Å². The molecule has 0 saturated carbocycles. The SMILES string of the molecule is COC(=O)C1Cc2ccc(OC)cc2C1N. The highest BCUT2D eigenvalue weighted by atomic mass is 16.5. The molecule has 0 fully saturated rings. The molecule has 0 saturated heterocycles. The fourth-order valence-electron chi connectivity index (χ4n) is 2.16. The van der Waals surface area contributed by atoms with E-state index in [0.717, 1.165) is 16.9 Å². The van der Waals surface area contributed by atoms with Gasteiger partial charge < -0.3 is 15.2 Å². The van der Waals surface area contributed by atoms with Crippen molar-refractivity contribution in [2.75, 3.05) is 14.2 Å². The van der Waals surface area contributed by atoms with Gasteiger partial charge in [0.05, 0.1) is 20.1 Å². The fraction of sp³-hybridized carbons (Fsp3) is 0.417. The molecule has 0 aromatic heterocycles. The summed E-state index contributed by atoms with van der Waals surface area (Å²) in [6.07, 6.45) is 0.646. The molecule has 4 heteroatoms. The predicted molar refractivity (Wildman–Crippen MR) is 59.1 cm³/mol. The Bertz CT molecular complexity index is 417. The zero-order chi connectivity index (χ0) is 11.7. The van der Waals surface area contributed by atoms with Gasteiger partial charge in [0.2, 0.25) is 0 Å². The zero-order valence-electron chi connectivity index (χ0n) is 9.40. The van der Waals surface area contributed by atoms with Crippen molar-refractivity contribution in [3.63, 3.8) is 0 Å². The summed E-state index contributed by atoms with van der Waals surface area (Å²) in [5.41, 5.74) is 8.12. The van der Waals surface area contributed by atoms with E-state index >= 15 is 0 Å². The lowest BCUT2D eigenvalue weighted by molar-refractivity contribution is -0.145. The monoisotopic (exact) mass is 221 g/mol. The van der Waals surface area contributed by atoms with Gasteiger partial charge in [0.25, 0.3) is 0 Å². The number of fused-ring (bicyclic) bond motifs is 1. The standard InChI is InChI=1S/C12H15NO3/c1-15-8-4-3-7-5-10(12(14)16-2)11(13)9(7)6-8/h3-4,6,10-11H,5,13H2,1-2H3. The number of carbonyl (C=O) groups excluding carboxylic acids is 1. The highest BCUT2D eigenvalue weighted by Crippen LogP contribution is 2.36. The van der Waals surface area contributed by atoms with E-state index in [2.05, 4.69) is 0 Å². The Kier molecular flexibility index (Phi) is 2.83. The molecule has 86 valence electrons. The van der Waals surface area contributed by atoms with Gasteiger partial charge >= 0.3 is 5.97 Å². The van der Waals surface area contributed by atoms with Crippen molar-refractivity contribution in [3.05, 3.63) is 29.3 Å². The van der Waals surface area contributed by atoms with Crippen molar-refractivity contribution in [2.24, 2.45) is 11.7 Å². The molecule has 1 aliphatic carbocycles. The number of methoxy groups -OCH3 is 2. The molecule has 2 N–H and O–H groups in total. The highest BCUT2D eigenvalue weighted by Gasteiger charge is 2.35. The van der Waals surface area contributed by atoms with Crippen LogP contribution in [0.4, 0.5) is 0 Å². The molecule has 2 unspecified atom stereocenters. The first-order chi connectivity index (χ1) is 7.67. The van der Waals surface area contributed by atoms with Crippen LogP contribution < -0.4 is 10.5 Å². The van der Waals surface area contributed by atoms with Gasteiger partial charge in [-0.2, -0.15) is 0 Å². The molecule has 16 heavy (non-hydrogen) atoms. The summed E-state index contributed by atoms with van der Waals surface area (Å²) < 4.78 is 9.88. The van der Waals surface area contributed by atoms with Gasteiger partial charge in [-0.3, -0.25) is 4.79 Å². The lowest BCUT2D eigenvalue weighted by atomic mass is 10.0. The van der Waals surface area contributed by atoms with E-state index in [1.807, 2.05) is 18.2 Å². The Morgan fingerprint density at radius 2 is 2.19 bits per heavy atom. The van der Waals surface area contributed by atoms with E-state index < -0.39 is 0 Å². The van der Waals surface area contributed by atoms with Gasteiger partial charge in [-0.1, -0.05) is 6.07 Å². The first-order valence-electron chi connectivity index (χ1n) is 5.17. The molecule has 4 nitrogen and oxygen atoms in total. The van der Waals surface area contributed by atoms with E-state index in [-0.39, 0.29) is 17.9 Å². The second-order valence-corrected chi connectivity index (χ2v) is 3.92. The van der Waals surface area contributed by atoms with E-state index in [4.69, 9.17) is 15.2 Å². The second-order valence-electron chi connectivity index (χ2n) is 3.92. The van der Waals surface area contributed by atoms with Gasteiger partial charge in [0.15, 0.2) is 0 Å². The van der Waals surface area contributed by atoms with Crippen LogP contribution in [0, 0.1) is 5.92 Å². The van der Waals surface area contributed by atoms with E-state index in [9.17, 15) is 4.79 Å². The molecule has 0 radical (unpaired) electrons. The van der Waals surface area contributed by atoms with Crippen molar-refractivity contribution < 1.29 is 14.3 Å². The normalized spacial score (nSPS) is 22.7. The van der Waals surface area contributed by atoms with Crippen LogP contribution in [0.2, 0.25) is 0 Å². The van der Waals surface area contributed by atoms with Gasteiger partial charge in [-0.05, 0) is 29.7 Å². The maximum Gasteiger partial charge on any atom is 0.310 e. The summed E-state index contributed by atoms with van der Waals surface area (Å²) in [4.78, 5) is 11.5. The molecule has 1 aliphatic rings. The summed E-state index contributed by atoms with van der Waals surface area (Å²) in [6, 6.07) is 5.43. The minimum absolute atomic E-state index is 0.248. The lowest BCUT2D eigenvalue weighted by Crippen LogP contribution is -2.25. The summed E-state index contributed by atoms with van der Waals surface area (Å²) in [6.45, 7) is 0. The van der Waals surface area contributed by atoms with Crippen molar-refractivity contribution in [1.82, 2.24) is 0 Å². The first kappa shape index (κ1) is 11.0. The van der Waals surface area contributed by atoms with Crippen molar-refractivity contribution >= 4 is 5.97 Å². The average Bonchev–Trinajstić information content (AvgIpc) is 2.65. The Balaban J connectivity index is 2.31. The molecular formula is C12H15NO3. The third-order valence-corrected chi connectivity index (χ3v) is 3.09. The van der Waals surface area contributed by atoms with Crippen LogP contribution in [-0.2, 0) is 16.0 Å². The van der Waals surface area contributed by atoms with Gasteiger partial charge in [-0.25, -0.2) is 0 Å². The molecule has 2 atom stereocenters. The second kappa shape index (κ2) is 4.14. The predicted octanol–water partition coefficient (Wildman–Crippen LogP) is 1.04.